The third kappa shape index (κ3) is 3.52. The molecular formula is C16H20O4S. The summed E-state index contributed by atoms with van der Waals surface area (Å²) < 4.78 is 29.6. The van der Waals surface area contributed by atoms with Gasteiger partial charge in [0.05, 0.1) is 11.9 Å². The van der Waals surface area contributed by atoms with E-state index in [1.54, 1.807) is 6.07 Å². The van der Waals surface area contributed by atoms with E-state index in [0.29, 0.717) is 12.2 Å². The van der Waals surface area contributed by atoms with Crippen molar-refractivity contribution in [1.29, 1.82) is 0 Å². The molecule has 2 aliphatic rings. The fourth-order valence-electron chi connectivity index (χ4n) is 3.15. The number of hydrogen-bond donors (Lipinski definition) is 0. The summed E-state index contributed by atoms with van der Waals surface area (Å²) >= 11 is 0. The molecule has 0 spiro atoms. The Kier molecular flexibility index (Phi) is 4.13. The molecule has 114 valence electrons. The van der Waals surface area contributed by atoms with E-state index >= 15 is 0 Å². The topological polar surface area (TPSA) is 60.4 Å². The summed E-state index contributed by atoms with van der Waals surface area (Å²) in [6.07, 6.45) is 4.60. The number of sulfone groups is 1. The normalized spacial score (nSPS) is 21.4. The second-order valence-electron chi connectivity index (χ2n) is 5.95. The van der Waals surface area contributed by atoms with Crippen LogP contribution in [0, 0.1) is 0 Å². The number of Topliss-reactive ketones (excluding diaryl/α,β-unsaturated/α-hetero) is 1. The zero-order valence-electron chi connectivity index (χ0n) is 12.0. The van der Waals surface area contributed by atoms with Gasteiger partial charge in [0, 0.05) is 12.2 Å². The lowest BCUT2D eigenvalue weighted by molar-refractivity contribution is 0.102. The van der Waals surface area contributed by atoms with Crippen LogP contribution in [-0.2, 0) is 27.4 Å². The second-order valence-corrected chi connectivity index (χ2v) is 8.06. The van der Waals surface area contributed by atoms with Crippen LogP contribution in [0.3, 0.4) is 0 Å². The Morgan fingerprint density at radius 2 is 2.00 bits per heavy atom. The molecule has 0 saturated carbocycles. The van der Waals surface area contributed by atoms with E-state index in [4.69, 9.17) is 4.74 Å². The monoisotopic (exact) mass is 308 g/mol. The quantitative estimate of drug-likeness (QED) is 0.780. The van der Waals surface area contributed by atoms with Crippen molar-refractivity contribution < 1.29 is 17.9 Å². The largest absolute Gasteiger partial charge is 0.377 e. The van der Waals surface area contributed by atoms with Gasteiger partial charge in [-0.05, 0) is 49.3 Å². The molecule has 1 saturated heterocycles. The highest BCUT2D eigenvalue weighted by Crippen LogP contribution is 2.23. The number of carbonyl (C=O) groups is 1. The van der Waals surface area contributed by atoms with Gasteiger partial charge >= 0.3 is 0 Å². The lowest BCUT2D eigenvalue weighted by Crippen LogP contribution is -2.26. The highest BCUT2D eigenvalue weighted by atomic mass is 32.2. The van der Waals surface area contributed by atoms with Gasteiger partial charge < -0.3 is 4.74 Å². The number of aryl methyl sites for hydroxylation is 2. The lowest BCUT2D eigenvalue weighted by atomic mass is 10.0. The summed E-state index contributed by atoms with van der Waals surface area (Å²) in [4.78, 5) is 12.2. The Bertz CT molecular complexity index is 642. The summed E-state index contributed by atoms with van der Waals surface area (Å²) in [7, 11) is -3.40. The van der Waals surface area contributed by atoms with E-state index in [1.807, 2.05) is 12.1 Å². The summed E-state index contributed by atoms with van der Waals surface area (Å²) in [6, 6.07) is 5.59. The molecular weight excluding hydrogens is 288 g/mol. The molecule has 1 atom stereocenters. The molecule has 0 N–H and O–H groups in total. The Morgan fingerprint density at radius 3 is 2.76 bits per heavy atom. The van der Waals surface area contributed by atoms with E-state index in [-0.39, 0.29) is 17.6 Å². The van der Waals surface area contributed by atoms with Gasteiger partial charge in [-0.1, -0.05) is 12.1 Å². The second kappa shape index (κ2) is 5.89. The van der Waals surface area contributed by atoms with E-state index in [0.717, 1.165) is 32.1 Å². The van der Waals surface area contributed by atoms with Crippen molar-refractivity contribution in [3.05, 3.63) is 34.9 Å². The predicted octanol–water partition coefficient (Wildman–Crippen LogP) is 1.95. The smallest absolute Gasteiger partial charge is 0.177 e. The number of ketones is 1. The minimum atomic E-state index is -3.40. The molecule has 1 unspecified atom stereocenters. The van der Waals surface area contributed by atoms with Crippen LogP contribution in [0.5, 0.6) is 0 Å². The van der Waals surface area contributed by atoms with Gasteiger partial charge in [-0.2, -0.15) is 0 Å². The van der Waals surface area contributed by atoms with E-state index < -0.39 is 15.6 Å². The van der Waals surface area contributed by atoms with Gasteiger partial charge in [0.15, 0.2) is 15.6 Å². The molecule has 1 aliphatic heterocycles. The van der Waals surface area contributed by atoms with E-state index in [9.17, 15) is 13.2 Å². The molecule has 0 radical (unpaired) electrons. The average Bonchev–Trinajstić information content (AvgIpc) is 3.07. The van der Waals surface area contributed by atoms with Crippen molar-refractivity contribution >= 4 is 15.6 Å². The highest BCUT2D eigenvalue weighted by molar-refractivity contribution is 7.92. The zero-order valence-corrected chi connectivity index (χ0v) is 12.8. The van der Waals surface area contributed by atoms with Crippen LogP contribution in [0.1, 0.15) is 40.7 Å². The highest BCUT2D eigenvalue weighted by Gasteiger charge is 2.26. The van der Waals surface area contributed by atoms with Crippen LogP contribution in [0.25, 0.3) is 0 Å². The zero-order chi connectivity index (χ0) is 14.9. The maximum atomic E-state index is 12.2. The summed E-state index contributed by atoms with van der Waals surface area (Å²) in [5.74, 6) is -0.752. The number of ether oxygens (including phenoxy) is 1. The SMILES string of the molecule is O=C(CS(=O)(=O)CC1CCCO1)c1ccc2c(c1)CCC2. The standard InChI is InChI=1S/C16H20O4S/c17-16(11-21(18,19)10-15-5-2-8-20-15)14-7-6-12-3-1-4-13(12)9-14/h6-7,9,15H,1-5,8,10-11H2. The molecule has 21 heavy (non-hydrogen) atoms. The number of benzene rings is 1. The Balaban J connectivity index is 1.67. The molecule has 3 rings (SSSR count). The van der Waals surface area contributed by atoms with Crippen LogP contribution >= 0.6 is 0 Å². The molecule has 0 bridgehead atoms. The molecule has 1 aromatic rings. The molecule has 1 fully saturated rings. The summed E-state index contributed by atoms with van der Waals surface area (Å²) in [5.41, 5.74) is 3.00. The van der Waals surface area contributed by atoms with Crippen molar-refractivity contribution in [2.45, 2.75) is 38.2 Å². The van der Waals surface area contributed by atoms with Gasteiger partial charge in [-0.25, -0.2) is 8.42 Å². The lowest BCUT2D eigenvalue weighted by Gasteiger charge is -2.10. The van der Waals surface area contributed by atoms with Crippen LogP contribution < -0.4 is 0 Å². The third-order valence-corrected chi connectivity index (χ3v) is 5.82. The van der Waals surface area contributed by atoms with Crippen LogP contribution in [0.2, 0.25) is 0 Å². The van der Waals surface area contributed by atoms with Crippen molar-refractivity contribution in [3.63, 3.8) is 0 Å². The van der Waals surface area contributed by atoms with Crippen LogP contribution in [0.15, 0.2) is 18.2 Å². The molecule has 0 aromatic heterocycles. The summed E-state index contributed by atoms with van der Waals surface area (Å²) in [5, 5.41) is 0. The number of fused-ring (bicyclic) bond motifs is 1. The summed E-state index contributed by atoms with van der Waals surface area (Å²) in [6.45, 7) is 0.624. The number of carbonyl (C=O) groups excluding carboxylic acids is 1. The van der Waals surface area contributed by atoms with E-state index in [1.165, 1.54) is 11.1 Å². The third-order valence-electron chi connectivity index (χ3n) is 4.24. The number of hydrogen-bond acceptors (Lipinski definition) is 4. The average molecular weight is 308 g/mol. The molecule has 4 nitrogen and oxygen atoms in total. The molecule has 1 heterocycles. The van der Waals surface area contributed by atoms with Crippen LogP contribution in [-0.4, -0.2) is 38.4 Å². The minimum Gasteiger partial charge on any atom is -0.377 e. The fourth-order valence-corrected chi connectivity index (χ4v) is 4.66. The van der Waals surface area contributed by atoms with Crippen LogP contribution in [0.4, 0.5) is 0 Å². The maximum Gasteiger partial charge on any atom is 0.177 e. The van der Waals surface area contributed by atoms with Gasteiger partial charge in [0.25, 0.3) is 0 Å². The van der Waals surface area contributed by atoms with Gasteiger partial charge in [-0.15, -0.1) is 0 Å². The molecule has 0 amide bonds. The Labute approximate surface area is 125 Å². The number of rotatable bonds is 5. The molecule has 1 aliphatic carbocycles. The Morgan fingerprint density at radius 1 is 1.19 bits per heavy atom. The first kappa shape index (κ1) is 14.7. The molecule has 1 aromatic carbocycles. The predicted molar refractivity (Wildman–Crippen MR) is 80.4 cm³/mol. The van der Waals surface area contributed by atoms with Gasteiger partial charge in [0.2, 0.25) is 0 Å². The van der Waals surface area contributed by atoms with Crippen molar-refractivity contribution in [2.75, 3.05) is 18.1 Å². The minimum absolute atomic E-state index is 0.0380. The van der Waals surface area contributed by atoms with E-state index in [2.05, 4.69) is 0 Å². The van der Waals surface area contributed by atoms with Crippen molar-refractivity contribution in [3.8, 4) is 0 Å². The molecule has 5 heteroatoms. The Hall–Kier alpha value is -1.20. The van der Waals surface area contributed by atoms with Crippen molar-refractivity contribution in [2.24, 2.45) is 0 Å². The maximum absolute atomic E-state index is 12.2. The van der Waals surface area contributed by atoms with Gasteiger partial charge in [-0.3, -0.25) is 4.79 Å². The van der Waals surface area contributed by atoms with Crippen molar-refractivity contribution in [1.82, 2.24) is 0 Å². The first-order valence-electron chi connectivity index (χ1n) is 7.50. The fraction of sp³-hybridized carbons (Fsp3) is 0.562. The first-order valence-corrected chi connectivity index (χ1v) is 9.33. The van der Waals surface area contributed by atoms with Gasteiger partial charge in [0.1, 0.15) is 5.75 Å². The first-order chi connectivity index (χ1) is 10.0.